The highest BCUT2D eigenvalue weighted by Gasteiger charge is 2.15. The summed E-state index contributed by atoms with van der Waals surface area (Å²) in [4.78, 5) is 7.08. The number of nitrogens with zero attached hydrogens (tertiary/aromatic N) is 2. The van der Waals surface area contributed by atoms with Gasteiger partial charge in [-0.1, -0.05) is 32.0 Å². The number of ether oxygens (including phenoxy) is 1. The lowest BCUT2D eigenvalue weighted by Gasteiger charge is -2.27. The first-order valence-corrected chi connectivity index (χ1v) is 7.60. The number of hydrogen-bond acceptors (Lipinski definition) is 3. The Morgan fingerprint density at radius 1 is 1.10 bits per heavy atom. The molecule has 1 aromatic carbocycles. The van der Waals surface area contributed by atoms with Gasteiger partial charge in [0.2, 0.25) is 0 Å². The van der Waals surface area contributed by atoms with E-state index in [1.54, 1.807) is 0 Å². The molecule has 0 radical (unpaired) electrons. The number of hydrogen-bond donors (Lipinski definition) is 0. The lowest BCUT2D eigenvalue weighted by Crippen LogP contribution is -2.35. The Morgan fingerprint density at radius 2 is 1.70 bits per heavy atom. The van der Waals surface area contributed by atoms with Crippen molar-refractivity contribution >= 4 is 11.6 Å². The minimum Gasteiger partial charge on any atom is -0.478 e. The largest absolute Gasteiger partial charge is 0.478 e. The molecule has 112 valence electrons. The van der Waals surface area contributed by atoms with Crippen LogP contribution in [0.4, 0.5) is 5.69 Å². The molecule has 0 aliphatic rings. The molecule has 3 nitrogen and oxygen atoms in total. The molecule has 0 amide bonds. The Morgan fingerprint density at radius 3 is 2.20 bits per heavy atom. The first kappa shape index (κ1) is 16.7. The Bertz CT molecular complexity index is 397. The quantitative estimate of drug-likeness (QED) is 0.549. The minimum atomic E-state index is 0.154. The van der Waals surface area contributed by atoms with Crippen molar-refractivity contribution in [2.45, 2.75) is 53.2 Å². The summed E-state index contributed by atoms with van der Waals surface area (Å²) >= 11 is 0. The molecule has 0 aliphatic heterocycles. The van der Waals surface area contributed by atoms with Gasteiger partial charge < -0.3 is 9.64 Å². The van der Waals surface area contributed by atoms with Crippen molar-refractivity contribution in [3.8, 4) is 0 Å². The van der Waals surface area contributed by atoms with Crippen molar-refractivity contribution in [1.82, 2.24) is 4.90 Å². The monoisotopic (exact) mass is 276 g/mol. The van der Waals surface area contributed by atoms with E-state index in [0.29, 0.717) is 6.04 Å². The van der Waals surface area contributed by atoms with Crippen LogP contribution in [0.2, 0.25) is 0 Å². The van der Waals surface area contributed by atoms with E-state index in [1.165, 1.54) is 0 Å². The molecule has 0 saturated carbocycles. The van der Waals surface area contributed by atoms with Crippen LogP contribution in [-0.2, 0) is 4.74 Å². The fraction of sp³-hybridized carbons (Fsp3) is 0.588. The number of benzene rings is 1. The molecule has 0 bridgehead atoms. The van der Waals surface area contributed by atoms with Crippen LogP contribution in [-0.4, -0.2) is 36.0 Å². The first-order valence-electron chi connectivity index (χ1n) is 7.60. The second-order valence-electron chi connectivity index (χ2n) is 5.28. The van der Waals surface area contributed by atoms with Crippen molar-refractivity contribution in [3.05, 3.63) is 30.3 Å². The Hall–Kier alpha value is -1.35. The van der Waals surface area contributed by atoms with Crippen LogP contribution in [0.3, 0.4) is 0 Å². The van der Waals surface area contributed by atoms with Crippen LogP contribution in [0.25, 0.3) is 0 Å². The summed E-state index contributed by atoms with van der Waals surface area (Å²) in [7, 11) is 0. The highest BCUT2D eigenvalue weighted by molar-refractivity contribution is 5.80. The Labute approximate surface area is 123 Å². The molecule has 0 aromatic heterocycles. The topological polar surface area (TPSA) is 24.8 Å². The Kier molecular flexibility index (Phi) is 7.31. The molecule has 0 saturated heterocycles. The van der Waals surface area contributed by atoms with Gasteiger partial charge in [-0.25, -0.2) is 4.99 Å². The molecule has 0 heterocycles. The Balaban J connectivity index is 2.82. The summed E-state index contributed by atoms with van der Waals surface area (Å²) in [6, 6.07) is 10.4. The smallest absolute Gasteiger partial charge is 0.190 e. The first-order chi connectivity index (χ1) is 9.56. The third-order valence-corrected chi connectivity index (χ3v) is 3.29. The van der Waals surface area contributed by atoms with E-state index < -0.39 is 0 Å². The fourth-order valence-corrected chi connectivity index (χ4v) is 2.27. The third kappa shape index (κ3) is 5.74. The van der Waals surface area contributed by atoms with Crippen molar-refractivity contribution in [3.63, 3.8) is 0 Å². The predicted octanol–water partition coefficient (Wildman–Crippen LogP) is 4.26. The summed E-state index contributed by atoms with van der Waals surface area (Å²) in [5, 5.41) is 0. The van der Waals surface area contributed by atoms with Gasteiger partial charge in [-0.15, -0.1) is 0 Å². The highest BCUT2D eigenvalue weighted by Crippen LogP contribution is 2.14. The maximum Gasteiger partial charge on any atom is 0.190 e. The lowest BCUT2D eigenvalue weighted by molar-refractivity contribution is 0.194. The second kappa shape index (κ2) is 8.75. The standard InChI is InChI=1S/C17H28N2O/c1-6-19(7-2)15(5)13-17(20-14(3)4)18-16-11-9-8-10-12-16/h8-12,14-15H,6-7,13H2,1-5H3. The van der Waals surface area contributed by atoms with Crippen molar-refractivity contribution in [1.29, 1.82) is 0 Å². The zero-order valence-corrected chi connectivity index (χ0v) is 13.5. The van der Waals surface area contributed by atoms with Crippen LogP contribution in [0.5, 0.6) is 0 Å². The molecule has 1 atom stereocenters. The van der Waals surface area contributed by atoms with Crippen LogP contribution >= 0.6 is 0 Å². The zero-order valence-electron chi connectivity index (χ0n) is 13.5. The molecule has 0 aliphatic carbocycles. The number of para-hydroxylation sites is 1. The van der Waals surface area contributed by atoms with Crippen LogP contribution < -0.4 is 0 Å². The van der Waals surface area contributed by atoms with Crippen molar-refractivity contribution < 1.29 is 4.74 Å². The number of rotatable bonds is 7. The number of aliphatic imine (C=N–C) groups is 1. The normalized spacial score (nSPS) is 13.8. The molecule has 0 spiro atoms. The van der Waals surface area contributed by atoms with Gasteiger partial charge in [-0.05, 0) is 46.0 Å². The van der Waals surface area contributed by atoms with Gasteiger partial charge in [0.25, 0.3) is 0 Å². The van der Waals surface area contributed by atoms with E-state index in [2.05, 4.69) is 30.7 Å². The fourth-order valence-electron chi connectivity index (χ4n) is 2.27. The van der Waals surface area contributed by atoms with Crippen molar-refractivity contribution in [2.24, 2.45) is 4.99 Å². The molecule has 0 fully saturated rings. The summed E-state index contributed by atoms with van der Waals surface area (Å²) in [6.07, 6.45) is 0.996. The van der Waals surface area contributed by atoms with Gasteiger partial charge >= 0.3 is 0 Å². The van der Waals surface area contributed by atoms with E-state index in [1.807, 2.05) is 44.2 Å². The lowest BCUT2D eigenvalue weighted by atomic mass is 10.2. The zero-order chi connectivity index (χ0) is 15.0. The van der Waals surface area contributed by atoms with Gasteiger partial charge in [-0.2, -0.15) is 0 Å². The van der Waals surface area contributed by atoms with Crippen LogP contribution in [0.1, 0.15) is 41.0 Å². The summed E-state index contributed by atoms with van der Waals surface area (Å²) in [5.74, 6) is 0.825. The molecule has 20 heavy (non-hydrogen) atoms. The minimum absolute atomic E-state index is 0.154. The molecule has 0 N–H and O–H groups in total. The SMILES string of the molecule is CCN(CC)C(C)CC(=Nc1ccccc1)OC(C)C. The van der Waals surface area contributed by atoms with E-state index in [9.17, 15) is 0 Å². The molecular formula is C17H28N2O. The van der Waals surface area contributed by atoms with Gasteiger partial charge in [-0.3, -0.25) is 0 Å². The molecule has 1 rings (SSSR count). The average molecular weight is 276 g/mol. The molecule has 1 unspecified atom stereocenters. The van der Waals surface area contributed by atoms with Gasteiger partial charge in [0.15, 0.2) is 5.90 Å². The third-order valence-electron chi connectivity index (χ3n) is 3.29. The van der Waals surface area contributed by atoms with E-state index in [4.69, 9.17) is 4.74 Å². The second-order valence-corrected chi connectivity index (χ2v) is 5.28. The van der Waals surface area contributed by atoms with Gasteiger partial charge in [0, 0.05) is 12.5 Å². The summed E-state index contributed by atoms with van der Waals surface area (Å²) in [5.41, 5.74) is 0.954. The van der Waals surface area contributed by atoms with Gasteiger partial charge in [0.1, 0.15) is 0 Å². The summed E-state index contributed by atoms with van der Waals surface area (Å²) < 4.78 is 5.89. The van der Waals surface area contributed by atoms with E-state index in [-0.39, 0.29) is 6.10 Å². The van der Waals surface area contributed by atoms with Crippen LogP contribution in [0.15, 0.2) is 35.3 Å². The molecule has 1 aromatic rings. The van der Waals surface area contributed by atoms with E-state index >= 15 is 0 Å². The van der Waals surface area contributed by atoms with Crippen LogP contribution in [0, 0.1) is 0 Å². The average Bonchev–Trinajstić information content (AvgIpc) is 2.40. The van der Waals surface area contributed by atoms with Crippen molar-refractivity contribution in [2.75, 3.05) is 13.1 Å². The van der Waals surface area contributed by atoms with Gasteiger partial charge in [0.05, 0.1) is 11.8 Å². The maximum atomic E-state index is 5.89. The molecular weight excluding hydrogens is 248 g/mol. The summed E-state index contributed by atoms with van der Waals surface area (Å²) in [6.45, 7) is 12.8. The maximum absolute atomic E-state index is 5.89. The van der Waals surface area contributed by atoms with E-state index in [0.717, 1.165) is 31.1 Å². The predicted molar refractivity (Wildman–Crippen MR) is 86.8 cm³/mol. The highest BCUT2D eigenvalue weighted by atomic mass is 16.5. The molecule has 3 heteroatoms.